The summed E-state index contributed by atoms with van der Waals surface area (Å²) in [5, 5.41) is 8.48. The minimum absolute atomic E-state index is 0.0566. The molecule has 0 radical (unpaired) electrons. The molecule has 0 bridgehead atoms. The van der Waals surface area contributed by atoms with E-state index in [4.69, 9.17) is 9.84 Å². The maximum atomic E-state index is 11.6. The Morgan fingerprint density at radius 2 is 2.28 bits per heavy atom. The quantitative estimate of drug-likeness (QED) is 0.775. The minimum Gasteiger partial charge on any atom is -0.482 e. The third-order valence-corrected chi connectivity index (χ3v) is 2.31. The Morgan fingerprint density at radius 1 is 1.50 bits per heavy atom. The second-order valence-corrected chi connectivity index (χ2v) is 3.79. The van der Waals surface area contributed by atoms with Crippen molar-refractivity contribution in [3.8, 4) is 5.75 Å². The summed E-state index contributed by atoms with van der Waals surface area (Å²) in [6.07, 6.45) is 3.63. The van der Waals surface area contributed by atoms with E-state index in [9.17, 15) is 9.59 Å². The summed E-state index contributed by atoms with van der Waals surface area (Å²) in [6, 6.07) is 3.43. The predicted octanol–water partition coefficient (Wildman–Crippen LogP) is 0.784. The van der Waals surface area contributed by atoms with Crippen molar-refractivity contribution in [3.63, 3.8) is 0 Å². The molecule has 0 aliphatic carbocycles. The molecule has 0 saturated heterocycles. The molecule has 1 aromatic rings. The Kier molecular flexibility index (Phi) is 5.63. The van der Waals surface area contributed by atoms with Gasteiger partial charge in [0.25, 0.3) is 5.91 Å². The second-order valence-electron chi connectivity index (χ2n) is 3.79. The fourth-order valence-electron chi connectivity index (χ4n) is 1.28. The molecule has 0 fully saturated rings. The Hall–Kier alpha value is -2.11. The van der Waals surface area contributed by atoms with E-state index >= 15 is 0 Å². The molecule has 0 aromatic carbocycles. The molecule has 0 atom stereocenters. The van der Waals surface area contributed by atoms with Crippen LogP contribution in [-0.2, 0) is 9.59 Å². The smallest absolute Gasteiger partial charge is 0.303 e. The molecule has 6 nitrogen and oxygen atoms in total. The van der Waals surface area contributed by atoms with Gasteiger partial charge in [-0.05, 0) is 18.6 Å². The lowest BCUT2D eigenvalue weighted by atomic mass is 10.3. The van der Waals surface area contributed by atoms with Crippen LogP contribution in [0.25, 0.3) is 0 Å². The zero-order valence-corrected chi connectivity index (χ0v) is 10.2. The second kappa shape index (κ2) is 7.26. The molecule has 98 valence electrons. The van der Waals surface area contributed by atoms with Crippen molar-refractivity contribution >= 4 is 11.9 Å². The van der Waals surface area contributed by atoms with Gasteiger partial charge in [-0.1, -0.05) is 0 Å². The Morgan fingerprint density at radius 3 is 2.89 bits per heavy atom. The fraction of sp³-hybridized carbons (Fsp3) is 0.417. The fourth-order valence-corrected chi connectivity index (χ4v) is 1.28. The summed E-state index contributed by atoms with van der Waals surface area (Å²) in [7, 11) is 1.62. The van der Waals surface area contributed by atoms with Gasteiger partial charge in [0.1, 0.15) is 5.75 Å². The number of pyridine rings is 1. The maximum Gasteiger partial charge on any atom is 0.303 e. The zero-order chi connectivity index (χ0) is 13.4. The monoisotopic (exact) mass is 252 g/mol. The molecular formula is C12H16N2O4. The molecule has 1 N–H and O–H groups in total. The summed E-state index contributed by atoms with van der Waals surface area (Å²) in [5.74, 6) is -0.517. The highest BCUT2D eigenvalue weighted by Gasteiger charge is 2.09. The van der Waals surface area contributed by atoms with Gasteiger partial charge >= 0.3 is 5.97 Å². The van der Waals surface area contributed by atoms with Crippen LogP contribution in [0.2, 0.25) is 0 Å². The van der Waals surface area contributed by atoms with E-state index < -0.39 is 5.97 Å². The van der Waals surface area contributed by atoms with E-state index in [1.165, 1.54) is 11.1 Å². The lowest BCUT2D eigenvalue weighted by Crippen LogP contribution is -2.32. The SMILES string of the molecule is CN(CCCC(=O)O)C(=O)COc1cccnc1. The van der Waals surface area contributed by atoms with Crippen LogP contribution >= 0.6 is 0 Å². The number of aliphatic carboxylic acids is 1. The molecule has 6 heteroatoms. The Balaban J connectivity index is 2.25. The number of hydrogen-bond acceptors (Lipinski definition) is 4. The molecular weight excluding hydrogens is 236 g/mol. The summed E-state index contributed by atoms with van der Waals surface area (Å²) >= 11 is 0. The first-order chi connectivity index (χ1) is 8.59. The van der Waals surface area contributed by atoms with Gasteiger partial charge in [0.15, 0.2) is 6.61 Å². The topological polar surface area (TPSA) is 79.7 Å². The van der Waals surface area contributed by atoms with E-state index in [0.29, 0.717) is 18.7 Å². The van der Waals surface area contributed by atoms with Gasteiger partial charge in [-0.2, -0.15) is 0 Å². The summed E-state index contributed by atoms with van der Waals surface area (Å²) < 4.78 is 5.25. The molecule has 0 saturated carbocycles. The van der Waals surface area contributed by atoms with Gasteiger partial charge in [-0.3, -0.25) is 14.6 Å². The van der Waals surface area contributed by atoms with Crippen molar-refractivity contribution in [1.82, 2.24) is 9.88 Å². The standard InChI is InChI=1S/C12H16N2O4/c1-14(7-3-5-12(16)17)11(15)9-18-10-4-2-6-13-8-10/h2,4,6,8H,3,5,7,9H2,1H3,(H,16,17). The van der Waals surface area contributed by atoms with Gasteiger partial charge in [-0.15, -0.1) is 0 Å². The molecule has 18 heavy (non-hydrogen) atoms. The molecule has 1 heterocycles. The molecule has 1 rings (SSSR count). The Bertz CT molecular complexity index is 394. The number of ether oxygens (including phenoxy) is 1. The number of carbonyl (C=O) groups is 2. The van der Waals surface area contributed by atoms with Crippen molar-refractivity contribution in [2.75, 3.05) is 20.2 Å². The number of hydrogen-bond donors (Lipinski definition) is 1. The largest absolute Gasteiger partial charge is 0.482 e. The third-order valence-electron chi connectivity index (χ3n) is 2.31. The maximum absolute atomic E-state index is 11.6. The van der Waals surface area contributed by atoms with Crippen LogP contribution < -0.4 is 4.74 Å². The van der Waals surface area contributed by atoms with Crippen LogP contribution in [0.15, 0.2) is 24.5 Å². The number of carboxylic acid groups (broad SMARTS) is 1. The lowest BCUT2D eigenvalue weighted by molar-refractivity contribution is -0.138. The van der Waals surface area contributed by atoms with Crippen molar-refractivity contribution in [1.29, 1.82) is 0 Å². The van der Waals surface area contributed by atoms with E-state index in [2.05, 4.69) is 4.98 Å². The van der Waals surface area contributed by atoms with Gasteiger partial charge < -0.3 is 14.7 Å². The van der Waals surface area contributed by atoms with E-state index in [1.807, 2.05) is 0 Å². The lowest BCUT2D eigenvalue weighted by Gasteiger charge is -2.16. The van der Waals surface area contributed by atoms with Crippen molar-refractivity contribution in [2.24, 2.45) is 0 Å². The van der Waals surface area contributed by atoms with Crippen LogP contribution in [0.5, 0.6) is 5.75 Å². The van der Waals surface area contributed by atoms with E-state index in [1.54, 1.807) is 25.4 Å². The van der Waals surface area contributed by atoms with E-state index in [-0.39, 0.29) is 18.9 Å². The predicted molar refractivity (Wildman–Crippen MR) is 64.2 cm³/mol. The van der Waals surface area contributed by atoms with Gasteiger partial charge in [0, 0.05) is 26.2 Å². The number of nitrogens with zero attached hydrogens (tertiary/aromatic N) is 2. The molecule has 1 amide bonds. The molecule has 0 unspecified atom stereocenters. The highest BCUT2D eigenvalue weighted by molar-refractivity contribution is 5.77. The molecule has 1 aromatic heterocycles. The van der Waals surface area contributed by atoms with Crippen LogP contribution in [0.1, 0.15) is 12.8 Å². The number of likely N-dealkylation sites (N-methyl/N-ethyl adjacent to an activating group) is 1. The minimum atomic E-state index is -0.859. The van der Waals surface area contributed by atoms with Crippen LogP contribution in [0, 0.1) is 0 Å². The zero-order valence-electron chi connectivity index (χ0n) is 10.2. The molecule has 0 aliphatic rings. The van der Waals surface area contributed by atoms with Gasteiger partial charge in [-0.25, -0.2) is 0 Å². The summed E-state index contributed by atoms with van der Waals surface area (Å²) in [6.45, 7) is 0.330. The van der Waals surface area contributed by atoms with Crippen LogP contribution in [0.4, 0.5) is 0 Å². The Labute approximate surface area is 105 Å². The molecule has 0 spiro atoms. The highest BCUT2D eigenvalue weighted by Crippen LogP contribution is 2.06. The van der Waals surface area contributed by atoms with Crippen LogP contribution in [-0.4, -0.2) is 47.1 Å². The van der Waals surface area contributed by atoms with Crippen molar-refractivity contribution < 1.29 is 19.4 Å². The van der Waals surface area contributed by atoms with Gasteiger partial charge in [0.2, 0.25) is 0 Å². The number of carbonyl (C=O) groups excluding carboxylic acids is 1. The van der Waals surface area contributed by atoms with Gasteiger partial charge in [0.05, 0.1) is 6.20 Å². The third kappa shape index (κ3) is 5.29. The highest BCUT2D eigenvalue weighted by atomic mass is 16.5. The summed E-state index contributed by atoms with van der Waals surface area (Å²) in [4.78, 5) is 27.3. The average molecular weight is 252 g/mol. The number of aromatic nitrogens is 1. The average Bonchev–Trinajstić information content (AvgIpc) is 2.36. The first-order valence-electron chi connectivity index (χ1n) is 5.58. The summed E-state index contributed by atoms with van der Waals surface area (Å²) in [5.41, 5.74) is 0. The number of rotatable bonds is 7. The first kappa shape index (κ1) is 14.0. The van der Waals surface area contributed by atoms with Crippen molar-refractivity contribution in [3.05, 3.63) is 24.5 Å². The number of carboxylic acids is 1. The normalized spacial score (nSPS) is 9.83. The van der Waals surface area contributed by atoms with Crippen molar-refractivity contribution in [2.45, 2.75) is 12.8 Å². The van der Waals surface area contributed by atoms with E-state index in [0.717, 1.165) is 0 Å². The first-order valence-corrected chi connectivity index (χ1v) is 5.58. The number of amides is 1. The van der Waals surface area contributed by atoms with Crippen LogP contribution in [0.3, 0.4) is 0 Å². The molecule has 0 aliphatic heterocycles.